The molecule has 2 aliphatic heterocycles. The summed E-state index contributed by atoms with van der Waals surface area (Å²) in [5, 5.41) is 0. The van der Waals surface area contributed by atoms with Crippen molar-refractivity contribution in [3.05, 3.63) is 80.2 Å². The molecule has 2 aliphatic rings. The number of nitrogens with zero attached hydrogens (tertiary/aromatic N) is 4. The summed E-state index contributed by atoms with van der Waals surface area (Å²) in [7, 11) is 0. The topological polar surface area (TPSA) is 74.2 Å². The van der Waals surface area contributed by atoms with E-state index in [0.29, 0.717) is 12.4 Å². The van der Waals surface area contributed by atoms with Gasteiger partial charge in [-0.2, -0.15) is 0 Å². The molecule has 0 unspecified atom stereocenters. The minimum absolute atomic E-state index is 0.0311. The molecule has 5 rings (SSSR count). The van der Waals surface area contributed by atoms with E-state index in [2.05, 4.69) is 54.0 Å². The third-order valence-electron chi connectivity index (χ3n) is 5.98. The first-order chi connectivity index (χ1) is 15.2. The van der Waals surface area contributed by atoms with E-state index in [4.69, 9.17) is 4.98 Å². The number of H-pyrrole nitrogens is 1. The van der Waals surface area contributed by atoms with Crippen LogP contribution in [0.25, 0.3) is 11.1 Å². The quantitative estimate of drug-likeness (QED) is 0.612. The van der Waals surface area contributed by atoms with Crippen molar-refractivity contribution < 1.29 is 0 Å². The van der Waals surface area contributed by atoms with Crippen molar-refractivity contribution >= 4 is 21.6 Å². The van der Waals surface area contributed by atoms with Gasteiger partial charge in [-0.25, -0.2) is 4.98 Å². The fourth-order valence-corrected chi connectivity index (χ4v) is 4.77. The molecule has 4 heterocycles. The van der Waals surface area contributed by atoms with E-state index in [1.807, 2.05) is 24.5 Å². The van der Waals surface area contributed by atoms with Crippen LogP contribution in [0.1, 0.15) is 41.9 Å². The van der Waals surface area contributed by atoms with E-state index < -0.39 is 0 Å². The van der Waals surface area contributed by atoms with Crippen LogP contribution in [0.4, 0.5) is 0 Å². The zero-order valence-electron chi connectivity index (χ0n) is 17.3. The van der Waals surface area contributed by atoms with Gasteiger partial charge in [-0.15, -0.1) is 0 Å². The molecule has 6 nitrogen and oxygen atoms in total. The van der Waals surface area contributed by atoms with Gasteiger partial charge >= 0.3 is 0 Å². The molecule has 0 saturated carbocycles. The van der Waals surface area contributed by atoms with E-state index in [0.717, 1.165) is 77.9 Å². The van der Waals surface area contributed by atoms with Gasteiger partial charge in [0.1, 0.15) is 0 Å². The summed E-state index contributed by atoms with van der Waals surface area (Å²) in [6.07, 6.45) is 7.65. The lowest BCUT2D eigenvalue weighted by Gasteiger charge is -2.28. The highest BCUT2D eigenvalue weighted by Crippen LogP contribution is 2.27. The predicted molar refractivity (Wildman–Crippen MR) is 125 cm³/mol. The fourth-order valence-electron chi connectivity index (χ4n) is 4.37. The SMILES string of the molecule is O=c1[nH]c(C2=NCCCC2)nc2c1CN(Cc1cnccc1-c1cccc(Br)c1)CC2. The molecule has 0 bridgehead atoms. The van der Waals surface area contributed by atoms with Gasteiger partial charge in [0, 0.05) is 49.5 Å². The maximum atomic E-state index is 12.9. The van der Waals surface area contributed by atoms with Crippen LogP contribution in [0.3, 0.4) is 0 Å². The summed E-state index contributed by atoms with van der Waals surface area (Å²) in [5.41, 5.74) is 6.09. The largest absolute Gasteiger partial charge is 0.305 e. The first-order valence-corrected chi connectivity index (χ1v) is 11.5. The third kappa shape index (κ3) is 4.38. The van der Waals surface area contributed by atoms with Crippen molar-refractivity contribution in [1.29, 1.82) is 0 Å². The molecule has 3 aromatic rings. The van der Waals surface area contributed by atoms with Gasteiger partial charge in [0.2, 0.25) is 0 Å². The standard InChI is InChI=1S/C24H24BrN5O/c25-18-5-3-4-16(12-18)19-7-10-26-13-17(19)14-30-11-8-21-20(15-30)24(31)29-23(28-21)22-6-1-2-9-27-22/h3-5,7,10,12-13H,1-2,6,8-9,11,14-15H2,(H,28,29,31). The van der Waals surface area contributed by atoms with E-state index >= 15 is 0 Å². The van der Waals surface area contributed by atoms with Crippen LogP contribution >= 0.6 is 15.9 Å². The van der Waals surface area contributed by atoms with Crippen molar-refractivity contribution in [3.8, 4) is 11.1 Å². The van der Waals surface area contributed by atoms with Crippen molar-refractivity contribution in [2.75, 3.05) is 13.1 Å². The monoisotopic (exact) mass is 477 g/mol. The number of halogens is 1. The van der Waals surface area contributed by atoms with E-state index in [9.17, 15) is 4.79 Å². The van der Waals surface area contributed by atoms with Gasteiger partial charge in [0.15, 0.2) is 5.82 Å². The molecular weight excluding hydrogens is 454 g/mol. The van der Waals surface area contributed by atoms with Crippen LogP contribution < -0.4 is 5.56 Å². The van der Waals surface area contributed by atoms with Gasteiger partial charge in [-0.05, 0) is 54.2 Å². The highest BCUT2D eigenvalue weighted by Gasteiger charge is 2.23. The Morgan fingerprint density at radius 2 is 2.10 bits per heavy atom. The number of benzene rings is 1. The number of hydrogen-bond donors (Lipinski definition) is 1. The predicted octanol–water partition coefficient (Wildman–Crippen LogP) is 4.13. The molecule has 0 fully saturated rings. The van der Waals surface area contributed by atoms with Crippen LogP contribution in [-0.2, 0) is 19.5 Å². The maximum Gasteiger partial charge on any atom is 0.255 e. The Kier molecular flexibility index (Phi) is 5.78. The summed E-state index contributed by atoms with van der Waals surface area (Å²) >= 11 is 3.56. The van der Waals surface area contributed by atoms with Crippen molar-refractivity contribution in [3.63, 3.8) is 0 Å². The van der Waals surface area contributed by atoms with Gasteiger partial charge in [0.25, 0.3) is 5.56 Å². The molecular formula is C24H24BrN5O. The van der Waals surface area contributed by atoms with Gasteiger partial charge in [-0.1, -0.05) is 28.1 Å². The van der Waals surface area contributed by atoms with Gasteiger partial charge in [-0.3, -0.25) is 19.7 Å². The van der Waals surface area contributed by atoms with Gasteiger partial charge < -0.3 is 4.98 Å². The van der Waals surface area contributed by atoms with E-state index in [1.165, 1.54) is 5.56 Å². The van der Waals surface area contributed by atoms with E-state index in [-0.39, 0.29) is 5.56 Å². The Balaban J connectivity index is 1.39. The zero-order valence-corrected chi connectivity index (χ0v) is 18.9. The van der Waals surface area contributed by atoms with Crippen molar-refractivity contribution in [2.45, 2.75) is 38.8 Å². The molecule has 0 atom stereocenters. The second-order valence-corrected chi connectivity index (χ2v) is 9.04. The van der Waals surface area contributed by atoms with Crippen molar-refractivity contribution in [2.24, 2.45) is 4.99 Å². The Labute approximate surface area is 189 Å². The summed E-state index contributed by atoms with van der Waals surface area (Å²) in [6, 6.07) is 10.4. The lowest BCUT2D eigenvalue weighted by Crippen LogP contribution is -2.36. The average Bonchev–Trinajstić information content (AvgIpc) is 2.80. The van der Waals surface area contributed by atoms with Crippen LogP contribution in [-0.4, -0.2) is 38.7 Å². The Morgan fingerprint density at radius 3 is 2.94 bits per heavy atom. The smallest absolute Gasteiger partial charge is 0.255 e. The lowest BCUT2D eigenvalue weighted by atomic mass is 10.00. The second kappa shape index (κ2) is 8.85. The number of aliphatic imine (C=N–C) groups is 1. The Bertz CT molecular complexity index is 1200. The number of aromatic nitrogens is 3. The Hall–Kier alpha value is -2.64. The molecule has 2 aromatic heterocycles. The molecule has 158 valence electrons. The minimum Gasteiger partial charge on any atom is -0.305 e. The number of rotatable bonds is 4. The molecule has 1 aromatic carbocycles. The van der Waals surface area contributed by atoms with Gasteiger partial charge in [0.05, 0.1) is 17.0 Å². The van der Waals surface area contributed by atoms with Crippen LogP contribution in [0.2, 0.25) is 0 Å². The second-order valence-electron chi connectivity index (χ2n) is 8.13. The van der Waals surface area contributed by atoms with Crippen molar-refractivity contribution in [1.82, 2.24) is 19.9 Å². The van der Waals surface area contributed by atoms with Crippen LogP contribution in [0, 0.1) is 0 Å². The highest BCUT2D eigenvalue weighted by molar-refractivity contribution is 9.10. The average molecular weight is 478 g/mol. The molecule has 31 heavy (non-hydrogen) atoms. The fraction of sp³-hybridized carbons (Fsp3) is 0.333. The zero-order chi connectivity index (χ0) is 21.2. The molecule has 0 aliphatic carbocycles. The van der Waals surface area contributed by atoms with Crippen LogP contribution in [0.15, 0.2) is 57.0 Å². The molecule has 1 N–H and O–H groups in total. The first kappa shape index (κ1) is 20.3. The summed E-state index contributed by atoms with van der Waals surface area (Å²) < 4.78 is 1.05. The normalized spacial score (nSPS) is 16.6. The number of pyridine rings is 1. The lowest BCUT2D eigenvalue weighted by molar-refractivity contribution is 0.241. The van der Waals surface area contributed by atoms with E-state index in [1.54, 1.807) is 0 Å². The number of hydrogen-bond acceptors (Lipinski definition) is 5. The molecule has 7 heteroatoms. The third-order valence-corrected chi connectivity index (χ3v) is 6.47. The number of nitrogens with one attached hydrogen (secondary N) is 1. The summed E-state index contributed by atoms with van der Waals surface area (Å²) in [5.74, 6) is 0.668. The maximum absolute atomic E-state index is 12.9. The van der Waals surface area contributed by atoms with Crippen LogP contribution in [0.5, 0.6) is 0 Å². The summed E-state index contributed by atoms with van der Waals surface area (Å²) in [4.78, 5) is 31.9. The number of aromatic amines is 1. The minimum atomic E-state index is -0.0311. The highest BCUT2D eigenvalue weighted by atomic mass is 79.9. The number of fused-ring (bicyclic) bond motifs is 1. The molecule has 0 radical (unpaired) electrons. The molecule has 0 amide bonds. The molecule has 0 spiro atoms. The first-order valence-electron chi connectivity index (χ1n) is 10.7. The molecule has 0 saturated heterocycles. The Morgan fingerprint density at radius 1 is 1.16 bits per heavy atom. The summed E-state index contributed by atoms with van der Waals surface area (Å²) in [6.45, 7) is 3.03.